The molecule has 0 spiro atoms. The summed E-state index contributed by atoms with van der Waals surface area (Å²) in [4.78, 5) is 41.5. The molecular weight excluding hydrogens is 707 g/mol. The molecule has 1 heterocycles. The van der Waals surface area contributed by atoms with Crippen LogP contribution in [0.3, 0.4) is 0 Å². The Morgan fingerprint density at radius 1 is 0.920 bits per heavy atom. The van der Waals surface area contributed by atoms with Crippen LogP contribution in [-0.2, 0) is 27.2 Å². The summed E-state index contributed by atoms with van der Waals surface area (Å²) in [5.41, 5.74) is 0.543. The van der Waals surface area contributed by atoms with Gasteiger partial charge in [-0.2, -0.15) is 0 Å². The first-order valence-electron chi connectivity index (χ1n) is 15.9. The van der Waals surface area contributed by atoms with Gasteiger partial charge in [-0.25, -0.2) is 14.5 Å². The molecule has 0 radical (unpaired) electrons. The standard InChI is InChI=1S/C36H41Cl3N4O7/c1-35(2,3)49-33(45)41-32(40)42(34(46)50-36(4,5)6)16-14-22-10-12-26(13-11-22)47-17-15-29-31(44)43(21-23-8-7-9-24(37)18-23)28-20-25(38)19-27(39)30(28)48-29/h7-13,18-20,29H,14-17,21H2,1-6H3,(H2,40,41,45). The van der Waals surface area contributed by atoms with Crippen molar-refractivity contribution >= 4 is 64.5 Å². The molecule has 0 aliphatic carbocycles. The summed E-state index contributed by atoms with van der Waals surface area (Å²) in [5.74, 6) is 0.185. The summed E-state index contributed by atoms with van der Waals surface area (Å²) in [5, 5.41) is 11.9. The first-order valence-corrected chi connectivity index (χ1v) is 17.0. The van der Waals surface area contributed by atoms with Gasteiger partial charge < -0.3 is 23.8 Å². The number of guanidine groups is 1. The zero-order chi connectivity index (χ0) is 36.8. The van der Waals surface area contributed by atoms with Crippen LogP contribution in [0.4, 0.5) is 15.3 Å². The van der Waals surface area contributed by atoms with E-state index >= 15 is 0 Å². The highest BCUT2D eigenvalue weighted by Crippen LogP contribution is 2.43. The Kier molecular flexibility index (Phi) is 12.5. The predicted octanol–water partition coefficient (Wildman–Crippen LogP) is 8.65. The first kappa shape index (κ1) is 38.6. The quantitative estimate of drug-likeness (QED) is 0.166. The number of amides is 3. The number of fused-ring (bicyclic) bond motifs is 1. The smallest absolute Gasteiger partial charge is 0.417 e. The lowest BCUT2D eigenvalue weighted by atomic mass is 10.1. The molecule has 0 saturated carbocycles. The van der Waals surface area contributed by atoms with Crippen molar-refractivity contribution in [2.45, 2.75) is 78.2 Å². The second-order valence-electron chi connectivity index (χ2n) is 13.5. The Hall–Kier alpha value is -4.19. The summed E-state index contributed by atoms with van der Waals surface area (Å²) < 4.78 is 22.7. The second kappa shape index (κ2) is 16.2. The van der Waals surface area contributed by atoms with E-state index in [0.717, 1.165) is 16.0 Å². The van der Waals surface area contributed by atoms with Gasteiger partial charge >= 0.3 is 12.2 Å². The van der Waals surface area contributed by atoms with Crippen LogP contribution in [0.5, 0.6) is 11.5 Å². The van der Waals surface area contributed by atoms with Crippen LogP contribution in [0, 0.1) is 5.41 Å². The van der Waals surface area contributed by atoms with E-state index in [-0.39, 0.29) is 32.0 Å². The number of nitrogens with one attached hydrogen (secondary N) is 2. The molecule has 1 unspecified atom stereocenters. The monoisotopic (exact) mass is 746 g/mol. The van der Waals surface area contributed by atoms with E-state index in [0.29, 0.717) is 38.7 Å². The largest absolute Gasteiger partial charge is 0.493 e. The molecule has 3 aromatic rings. The molecule has 1 atom stereocenters. The minimum absolute atomic E-state index is 0.0474. The molecule has 268 valence electrons. The van der Waals surface area contributed by atoms with E-state index < -0.39 is 35.5 Å². The molecule has 3 amide bonds. The third-order valence-corrected chi connectivity index (χ3v) is 7.74. The maximum Gasteiger partial charge on any atom is 0.417 e. The molecule has 50 heavy (non-hydrogen) atoms. The molecule has 0 aromatic heterocycles. The van der Waals surface area contributed by atoms with Gasteiger partial charge in [0.25, 0.3) is 5.91 Å². The van der Waals surface area contributed by atoms with Crippen LogP contribution < -0.4 is 19.7 Å². The molecule has 4 rings (SSSR count). The molecule has 11 nitrogen and oxygen atoms in total. The van der Waals surface area contributed by atoms with Gasteiger partial charge in [0.15, 0.2) is 11.9 Å². The number of halogens is 3. The van der Waals surface area contributed by atoms with Crippen LogP contribution in [0.15, 0.2) is 60.7 Å². The number of carbonyl (C=O) groups is 3. The Morgan fingerprint density at radius 3 is 2.24 bits per heavy atom. The van der Waals surface area contributed by atoms with Crippen LogP contribution in [0.2, 0.25) is 15.1 Å². The van der Waals surface area contributed by atoms with Gasteiger partial charge in [-0.1, -0.05) is 59.1 Å². The zero-order valence-corrected chi connectivity index (χ0v) is 31.0. The molecular formula is C36H41Cl3N4O7. The van der Waals surface area contributed by atoms with Crippen molar-refractivity contribution in [2.24, 2.45) is 0 Å². The number of anilines is 1. The number of nitrogens with zero attached hydrogens (tertiary/aromatic N) is 2. The SMILES string of the molecule is CC(C)(C)OC(=O)NC(=N)N(CCc1ccc(OCCC2Oc3c(Cl)cc(Cl)cc3N(Cc3cccc(Cl)c3)C2=O)cc1)C(=O)OC(C)(C)C. The Balaban J connectivity index is 1.37. The van der Waals surface area contributed by atoms with Crippen molar-refractivity contribution in [3.63, 3.8) is 0 Å². The minimum atomic E-state index is -0.858. The Labute approximate surface area is 307 Å². The van der Waals surface area contributed by atoms with Crippen LogP contribution >= 0.6 is 34.8 Å². The third-order valence-electron chi connectivity index (χ3n) is 7.01. The molecule has 0 saturated heterocycles. The lowest BCUT2D eigenvalue weighted by Crippen LogP contribution is -2.50. The topological polar surface area (TPSA) is 130 Å². The first-order chi connectivity index (χ1) is 23.4. The maximum absolute atomic E-state index is 13.7. The number of carbonyl (C=O) groups excluding carboxylic acids is 3. The number of rotatable bonds is 9. The van der Waals surface area contributed by atoms with E-state index in [1.807, 2.05) is 24.3 Å². The van der Waals surface area contributed by atoms with Crippen LogP contribution in [-0.4, -0.2) is 59.4 Å². The second-order valence-corrected chi connectivity index (χ2v) is 14.8. The summed E-state index contributed by atoms with van der Waals surface area (Å²) in [7, 11) is 0. The third kappa shape index (κ3) is 11.2. The van der Waals surface area contributed by atoms with E-state index in [9.17, 15) is 14.4 Å². The van der Waals surface area contributed by atoms with Crippen LogP contribution in [0.25, 0.3) is 0 Å². The number of hydrogen-bond acceptors (Lipinski definition) is 8. The van der Waals surface area contributed by atoms with E-state index in [1.165, 1.54) is 0 Å². The molecule has 0 bridgehead atoms. The molecule has 14 heteroatoms. The molecule has 1 aliphatic heterocycles. The lowest BCUT2D eigenvalue weighted by molar-refractivity contribution is -0.127. The molecule has 3 aromatic carbocycles. The van der Waals surface area contributed by atoms with Gasteiger partial charge in [-0.05, 0) is 95.5 Å². The van der Waals surface area contributed by atoms with Gasteiger partial charge in [0.1, 0.15) is 17.0 Å². The van der Waals surface area contributed by atoms with Crippen molar-refractivity contribution in [3.8, 4) is 11.5 Å². The minimum Gasteiger partial charge on any atom is -0.493 e. The number of ether oxygens (including phenoxy) is 4. The van der Waals surface area contributed by atoms with Gasteiger partial charge in [0.2, 0.25) is 5.96 Å². The van der Waals surface area contributed by atoms with Crippen molar-refractivity contribution in [1.29, 1.82) is 5.41 Å². The normalized spacial score (nSPS) is 14.3. The highest BCUT2D eigenvalue weighted by Gasteiger charge is 2.36. The average molecular weight is 748 g/mol. The summed E-state index contributed by atoms with van der Waals surface area (Å²) in [6.07, 6.45) is -1.92. The van der Waals surface area contributed by atoms with Crippen molar-refractivity contribution in [2.75, 3.05) is 18.1 Å². The van der Waals surface area contributed by atoms with Crippen LogP contribution in [0.1, 0.15) is 59.1 Å². The fourth-order valence-corrected chi connectivity index (χ4v) is 5.61. The fraction of sp³-hybridized carbons (Fsp3) is 0.389. The van der Waals surface area contributed by atoms with Crippen molar-refractivity contribution in [3.05, 3.63) is 86.9 Å². The Bertz CT molecular complexity index is 1720. The highest BCUT2D eigenvalue weighted by molar-refractivity contribution is 6.36. The molecule has 1 aliphatic rings. The summed E-state index contributed by atoms with van der Waals surface area (Å²) in [6.45, 7) is 10.7. The predicted molar refractivity (Wildman–Crippen MR) is 194 cm³/mol. The zero-order valence-electron chi connectivity index (χ0n) is 28.8. The lowest BCUT2D eigenvalue weighted by Gasteiger charge is -2.35. The highest BCUT2D eigenvalue weighted by atomic mass is 35.5. The van der Waals surface area contributed by atoms with Gasteiger partial charge in [-0.15, -0.1) is 0 Å². The van der Waals surface area contributed by atoms with E-state index in [1.54, 1.807) is 82.8 Å². The van der Waals surface area contributed by atoms with Gasteiger partial charge in [-0.3, -0.25) is 15.5 Å². The molecule has 0 fully saturated rings. The average Bonchev–Trinajstić information content (AvgIpc) is 2.98. The van der Waals surface area contributed by atoms with Crippen molar-refractivity contribution < 1.29 is 33.3 Å². The van der Waals surface area contributed by atoms with Crippen molar-refractivity contribution in [1.82, 2.24) is 10.2 Å². The number of hydrogen-bond donors (Lipinski definition) is 2. The Morgan fingerprint density at radius 2 is 1.60 bits per heavy atom. The van der Waals surface area contributed by atoms with Gasteiger partial charge in [0.05, 0.1) is 23.9 Å². The summed E-state index contributed by atoms with van der Waals surface area (Å²) >= 11 is 19.0. The van der Waals surface area contributed by atoms with Gasteiger partial charge in [0, 0.05) is 23.0 Å². The van der Waals surface area contributed by atoms with E-state index in [2.05, 4.69) is 5.32 Å². The number of alkyl carbamates (subject to hydrolysis) is 1. The number of benzene rings is 3. The fourth-order valence-electron chi connectivity index (χ4n) is 4.87. The van der Waals surface area contributed by atoms with E-state index in [4.69, 9.17) is 59.2 Å². The molecule has 2 N–H and O–H groups in total. The summed E-state index contributed by atoms with van der Waals surface area (Å²) in [6, 6.07) is 17.6. The maximum atomic E-state index is 13.7.